The fourth-order valence-electron chi connectivity index (χ4n) is 2.16. The third-order valence-corrected chi connectivity index (χ3v) is 3.30. The van der Waals surface area contributed by atoms with Crippen LogP contribution in [0.1, 0.15) is 25.8 Å². The molecule has 23 heavy (non-hydrogen) atoms. The number of benzene rings is 1. The molecule has 0 fully saturated rings. The number of carbonyl (C=O) groups excluding carboxylic acids is 2. The van der Waals surface area contributed by atoms with E-state index in [0.717, 1.165) is 5.56 Å². The van der Waals surface area contributed by atoms with E-state index in [-0.39, 0.29) is 37.2 Å². The van der Waals surface area contributed by atoms with Crippen LogP contribution in [0.4, 0.5) is 0 Å². The van der Waals surface area contributed by atoms with Crippen LogP contribution in [0.25, 0.3) is 0 Å². The van der Waals surface area contributed by atoms with E-state index in [1.54, 1.807) is 0 Å². The maximum atomic E-state index is 11.7. The van der Waals surface area contributed by atoms with Gasteiger partial charge in [0.15, 0.2) is 0 Å². The Labute approximate surface area is 136 Å². The molecule has 3 N–H and O–H groups in total. The van der Waals surface area contributed by atoms with Crippen LogP contribution in [0.15, 0.2) is 30.3 Å². The molecule has 0 spiro atoms. The Hall–Kier alpha value is -2.37. The highest BCUT2D eigenvalue weighted by Gasteiger charge is 2.19. The molecule has 126 valence electrons. The number of amides is 2. The third-order valence-electron chi connectivity index (χ3n) is 3.30. The Bertz CT molecular complexity index is 529. The van der Waals surface area contributed by atoms with Crippen molar-refractivity contribution < 1.29 is 19.5 Å². The van der Waals surface area contributed by atoms with E-state index >= 15 is 0 Å². The van der Waals surface area contributed by atoms with Gasteiger partial charge >= 0.3 is 5.97 Å². The molecule has 0 radical (unpaired) electrons. The van der Waals surface area contributed by atoms with Gasteiger partial charge in [0.2, 0.25) is 11.8 Å². The summed E-state index contributed by atoms with van der Waals surface area (Å²) in [7, 11) is 0. The van der Waals surface area contributed by atoms with Gasteiger partial charge in [-0.1, -0.05) is 44.2 Å². The minimum atomic E-state index is -0.924. The predicted octanol–water partition coefficient (Wildman–Crippen LogP) is 1.21. The fraction of sp³-hybridized carbons (Fsp3) is 0.471. The Balaban J connectivity index is 2.30. The Kier molecular flexibility index (Phi) is 7.80. The maximum absolute atomic E-state index is 11.7. The number of hydrogen-bond donors (Lipinski definition) is 3. The van der Waals surface area contributed by atoms with Crippen LogP contribution in [0, 0.1) is 11.8 Å². The lowest BCUT2D eigenvalue weighted by Crippen LogP contribution is -2.40. The Morgan fingerprint density at radius 2 is 1.70 bits per heavy atom. The second kappa shape index (κ2) is 9.61. The molecule has 1 unspecified atom stereocenters. The summed E-state index contributed by atoms with van der Waals surface area (Å²) < 4.78 is 0. The molecule has 6 heteroatoms. The number of aliphatic carboxylic acids is 1. The highest BCUT2D eigenvalue weighted by Crippen LogP contribution is 2.10. The molecule has 6 nitrogen and oxygen atoms in total. The summed E-state index contributed by atoms with van der Waals surface area (Å²) in [6, 6.07) is 9.23. The molecule has 0 heterocycles. The van der Waals surface area contributed by atoms with E-state index < -0.39 is 11.9 Å². The number of rotatable bonds is 9. The van der Waals surface area contributed by atoms with Gasteiger partial charge in [-0.05, 0) is 17.9 Å². The van der Waals surface area contributed by atoms with Crippen molar-refractivity contribution in [1.82, 2.24) is 10.6 Å². The molecule has 1 aromatic carbocycles. The molecule has 0 aliphatic rings. The van der Waals surface area contributed by atoms with Gasteiger partial charge in [-0.2, -0.15) is 0 Å². The average molecular weight is 320 g/mol. The lowest BCUT2D eigenvalue weighted by Gasteiger charge is -2.15. The molecule has 1 rings (SSSR count). The molecule has 0 bridgehead atoms. The van der Waals surface area contributed by atoms with E-state index in [1.807, 2.05) is 44.2 Å². The minimum absolute atomic E-state index is 0.0703. The molecule has 1 atom stereocenters. The first-order valence-electron chi connectivity index (χ1n) is 7.68. The van der Waals surface area contributed by atoms with Crippen LogP contribution in [-0.2, 0) is 20.8 Å². The lowest BCUT2D eigenvalue weighted by molar-refractivity contribution is -0.142. The first-order valence-corrected chi connectivity index (χ1v) is 7.68. The van der Waals surface area contributed by atoms with Crippen LogP contribution < -0.4 is 10.6 Å². The van der Waals surface area contributed by atoms with E-state index in [2.05, 4.69) is 10.6 Å². The SMILES string of the molecule is CC(C)CC(CNC(=O)CNC(=O)Cc1ccccc1)C(=O)O. The summed E-state index contributed by atoms with van der Waals surface area (Å²) in [6.45, 7) is 3.78. The monoisotopic (exact) mass is 320 g/mol. The lowest BCUT2D eigenvalue weighted by atomic mass is 9.97. The number of hydrogen-bond acceptors (Lipinski definition) is 3. The molecule has 0 saturated heterocycles. The van der Waals surface area contributed by atoms with Crippen LogP contribution in [-0.4, -0.2) is 36.0 Å². The van der Waals surface area contributed by atoms with Crippen LogP contribution in [0.5, 0.6) is 0 Å². The summed E-state index contributed by atoms with van der Waals surface area (Å²) >= 11 is 0. The van der Waals surface area contributed by atoms with Crippen LogP contribution >= 0.6 is 0 Å². The van der Waals surface area contributed by atoms with Gasteiger partial charge < -0.3 is 15.7 Å². The average Bonchev–Trinajstić information content (AvgIpc) is 2.49. The molecule has 0 saturated carbocycles. The van der Waals surface area contributed by atoms with Gasteiger partial charge in [0.05, 0.1) is 18.9 Å². The van der Waals surface area contributed by atoms with Gasteiger partial charge in [-0.15, -0.1) is 0 Å². The van der Waals surface area contributed by atoms with Gasteiger partial charge in [0.25, 0.3) is 0 Å². The first kappa shape index (κ1) is 18.7. The van der Waals surface area contributed by atoms with E-state index in [1.165, 1.54) is 0 Å². The second-order valence-corrected chi connectivity index (χ2v) is 5.91. The Morgan fingerprint density at radius 3 is 2.26 bits per heavy atom. The number of carbonyl (C=O) groups is 3. The zero-order valence-corrected chi connectivity index (χ0v) is 13.5. The zero-order valence-electron chi connectivity index (χ0n) is 13.5. The van der Waals surface area contributed by atoms with Crippen molar-refractivity contribution in [2.24, 2.45) is 11.8 Å². The molecule has 0 aliphatic heterocycles. The fourth-order valence-corrected chi connectivity index (χ4v) is 2.16. The highest BCUT2D eigenvalue weighted by molar-refractivity contribution is 5.85. The van der Waals surface area contributed by atoms with Gasteiger partial charge in [-0.3, -0.25) is 14.4 Å². The van der Waals surface area contributed by atoms with Crippen molar-refractivity contribution in [2.75, 3.05) is 13.1 Å². The normalized spacial score (nSPS) is 11.8. The molecule has 2 amide bonds. The smallest absolute Gasteiger partial charge is 0.308 e. The molecule has 0 aliphatic carbocycles. The third kappa shape index (κ3) is 7.99. The van der Waals surface area contributed by atoms with Gasteiger partial charge in [0.1, 0.15) is 0 Å². The van der Waals surface area contributed by atoms with Crippen LogP contribution in [0.3, 0.4) is 0 Å². The first-order chi connectivity index (χ1) is 10.9. The standard InChI is InChI=1S/C17H24N2O4/c1-12(2)8-14(17(22)23)10-18-16(21)11-19-15(20)9-13-6-4-3-5-7-13/h3-7,12,14H,8-11H2,1-2H3,(H,18,21)(H,19,20)(H,22,23). The summed E-state index contributed by atoms with van der Waals surface area (Å²) in [5, 5.41) is 14.2. The maximum Gasteiger partial charge on any atom is 0.308 e. The van der Waals surface area contributed by atoms with E-state index in [9.17, 15) is 14.4 Å². The van der Waals surface area contributed by atoms with Crippen molar-refractivity contribution in [3.05, 3.63) is 35.9 Å². The van der Waals surface area contributed by atoms with Gasteiger partial charge in [-0.25, -0.2) is 0 Å². The van der Waals surface area contributed by atoms with Crippen molar-refractivity contribution in [3.8, 4) is 0 Å². The quantitative estimate of drug-likeness (QED) is 0.637. The minimum Gasteiger partial charge on any atom is -0.481 e. The number of carboxylic acids is 1. The largest absolute Gasteiger partial charge is 0.481 e. The summed E-state index contributed by atoms with van der Waals surface area (Å²) in [5.74, 6) is -1.94. The van der Waals surface area contributed by atoms with Crippen molar-refractivity contribution >= 4 is 17.8 Å². The summed E-state index contributed by atoms with van der Waals surface area (Å²) in [6.07, 6.45) is 0.704. The molecular formula is C17H24N2O4. The number of nitrogens with one attached hydrogen (secondary N) is 2. The summed E-state index contributed by atoms with van der Waals surface area (Å²) in [5.41, 5.74) is 0.869. The molecule has 0 aromatic heterocycles. The van der Waals surface area contributed by atoms with Crippen molar-refractivity contribution in [3.63, 3.8) is 0 Å². The highest BCUT2D eigenvalue weighted by atomic mass is 16.4. The van der Waals surface area contributed by atoms with Crippen molar-refractivity contribution in [2.45, 2.75) is 26.7 Å². The Morgan fingerprint density at radius 1 is 1.04 bits per heavy atom. The van der Waals surface area contributed by atoms with Gasteiger partial charge in [0, 0.05) is 6.54 Å². The topological polar surface area (TPSA) is 95.5 Å². The number of carboxylic acid groups (broad SMARTS) is 1. The molecular weight excluding hydrogens is 296 g/mol. The predicted molar refractivity (Wildman–Crippen MR) is 86.7 cm³/mol. The second-order valence-electron chi connectivity index (χ2n) is 5.91. The van der Waals surface area contributed by atoms with E-state index in [0.29, 0.717) is 6.42 Å². The molecule has 1 aromatic rings. The summed E-state index contributed by atoms with van der Waals surface area (Å²) in [4.78, 5) is 34.5. The van der Waals surface area contributed by atoms with Crippen LogP contribution in [0.2, 0.25) is 0 Å². The van der Waals surface area contributed by atoms with Crippen molar-refractivity contribution in [1.29, 1.82) is 0 Å². The zero-order chi connectivity index (χ0) is 17.2. The van der Waals surface area contributed by atoms with E-state index in [4.69, 9.17) is 5.11 Å².